The van der Waals surface area contributed by atoms with Crippen molar-refractivity contribution in [2.75, 3.05) is 6.61 Å². The number of rotatable bonds is 6. The molecule has 11 heavy (non-hydrogen) atoms. The van der Waals surface area contributed by atoms with E-state index in [0.29, 0.717) is 0 Å². The van der Waals surface area contributed by atoms with E-state index in [9.17, 15) is 5.11 Å². The van der Waals surface area contributed by atoms with Gasteiger partial charge in [-0.05, 0) is 6.42 Å². The number of hydrogen-bond donors (Lipinski definition) is 2. The standard InChI is InChI=1S/C9H20O2/c1-3-4-5-6-9(11)8(2)7-10/h8-11H,3-7H2,1-2H3. The van der Waals surface area contributed by atoms with Gasteiger partial charge in [-0.15, -0.1) is 0 Å². The predicted molar refractivity (Wildman–Crippen MR) is 46.4 cm³/mol. The number of aliphatic hydroxyl groups is 2. The van der Waals surface area contributed by atoms with Gasteiger partial charge >= 0.3 is 0 Å². The molecule has 0 saturated heterocycles. The molecule has 2 heteroatoms. The summed E-state index contributed by atoms with van der Waals surface area (Å²) in [7, 11) is 0. The molecular formula is C9H20O2. The van der Waals surface area contributed by atoms with E-state index < -0.39 is 0 Å². The van der Waals surface area contributed by atoms with Crippen LogP contribution in [-0.2, 0) is 0 Å². The van der Waals surface area contributed by atoms with Crippen LogP contribution in [0, 0.1) is 5.92 Å². The molecule has 0 fully saturated rings. The highest BCUT2D eigenvalue weighted by molar-refractivity contribution is 4.62. The van der Waals surface area contributed by atoms with E-state index in [4.69, 9.17) is 5.11 Å². The highest BCUT2D eigenvalue weighted by atomic mass is 16.3. The molecule has 2 unspecified atom stereocenters. The van der Waals surface area contributed by atoms with Gasteiger partial charge in [0.25, 0.3) is 0 Å². The Morgan fingerprint density at radius 3 is 2.36 bits per heavy atom. The zero-order chi connectivity index (χ0) is 8.69. The minimum atomic E-state index is -0.313. The minimum Gasteiger partial charge on any atom is -0.396 e. The SMILES string of the molecule is CCCCCC(O)C(C)CO. The second kappa shape index (κ2) is 6.62. The lowest BCUT2D eigenvalue weighted by atomic mass is 10.0. The minimum absolute atomic E-state index is 0.0341. The van der Waals surface area contributed by atoms with Crippen LogP contribution < -0.4 is 0 Å². The molecule has 0 rings (SSSR count). The van der Waals surface area contributed by atoms with Gasteiger partial charge in [0.15, 0.2) is 0 Å². The zero-order valence-corrected chi connectivity index (χ0v) is 7.58. The summed E-state index contributed by atoms with van der Waals surface area (Å²) in [6.45, 7) is 4.10. The Morgan fingerprint density at radius 1 is 1.27 bits per heavy atom. The van der Waals surface area contributed by atoms with Crippen LogP contribution in [0.4, 0.5) is 0 Å². The third-order valence-electron chi connectivity index (χ3n) is 2.05. The van der Waals surface area contributed by atoms with Gasteiger partial charge in [0.05, 0.1) is 6.10 Å². The van der Waals surface area contributed by atoms with Crippen molar-refractivity contribution >= 4 is 0 Å². The van der Waals surface area contributed by atoms with E-state index in [0.717, 1.165) is 12.8 Å². The normalized spacial score (nSPS) is 16.4. The van der Waals surface area contributed by atoms with Crippen molar-refractivity contribution in [1.82, 2.24) is 0 Å². The largest absolute Gasteiger partial charge is 0.396 e. The van der Waals surface area contributed by atoms with Gasteiger partial charge in [0.2, 0.25) is 0 Å². The van der Waals surface area contributed by atoms with Crippen molar-refractivity contribution in [2.45, 2.75) is 45.6 Å². The molecule has 0 saturated carbocycles. The Morgan fingerprint density at radius 2 is 1.91 bits per heavy atom. The highest BCUT2D eigenvalue weighted by Gasteiger charge is 2.11. The average Bonchev–Trinajstić information content (AvgIpc) is 2.03. The molecule has 0 bridgehead atoms. The first kappa shape index (κ1) is 10.9. The van der Waals surface area contributed by atoms with Crippen LogP contribution in [0.15, 0.2) is 0 Å². The van der Waals surface area contributed by atoms with Crippen LogP contribution in [0.1, 0.15) is 39.5 Å². The van der Waals surface area contributed by atoms with E-state index in [1.54, 1.807) is 0 Å². The Balaban J connectivity index is 3.28. The van der Waals surface area contributed by atoms with Crippen molar-refractivity contribution in [2.24, 2.45) is 5.92 Å². The Bertz CT molecular complexity index is 83.6. The lowest BCUT2D eigenvalue weighted by Gasteiger charge is -2.15. The maximum Gasteiger partial charge on any atom is 0.0587 e. The molecule has 0 amide bonds. The third-order valence-corrected chi connectivity index (χ3v) is 2.05. The summed E-state index contributed by atoms with van der Waals surface area (Å²) in [6.07, 6.45) is 3.94. The van der Waals surface area contributed by atoms with E-state index in [1.807, 2.05) is 6.92 Å². The maximum atomic E-state index is 9.38. The number of hydrogen-bond acceptors (Lipinski definition) is 2. The highest BCUT2D eigenvalue weighted by Crippen LogP contribution is 2.10. The second-order valence-corrected chi connectivity index (χ2v) is 3.22. The summed E-state index contributed by atoms with van der Waals surface area (Å²) < 4.78 is 0. The van der Waals surface area contributed by atoms with Gasteiger partial charge in [-0.1, -0.05) is 33.1 Å². The van der Waals surface area contributed by atoms with E-state index >= 15 is 0 Å². The first-order valence-corrected chi connectivity index (χ1v) is 4.51. The molecule has 0 aliphatic rings. The maximum absolute atomic E-state index is 9.38. The van der Waals surface area contributed by atoms with Gasteiger partial charge < -0.3 is 10.2 Å². The molecule has 0 spiro atoms. The number of aliphatic hydroxyl groups excluding tert-OH is 2. The summed E-state index contributed by atoms with van der Waals surface area (Å²) in [5.41, 5.74) is 0. The van der Waals surface area contributed by atoms with E-state index in [1.165, 1.54) is 12.8 Å². The van der Waals surface area contributed by atoms with Crippen LogP contribution in [-0.4, -0.2) is 22.9 Å². The first-order chi connectivity index (χ1) is 5.22. The van der Waals surface area contributed by atoms with Gasteiger partial charge in [-0.2, -0.15) is 0 Å². The van der Waals surface area contributed by atoms with Crippen LogP contribution in [0.2, 0.25) is 0 Å². The van der Waals surface area contributed by atoms with E-state index in [-0.39, 0.29) is 18.6 Å². The number of unbranched alkanes of at least 4 members (excludes halogenated alkanes) is 2. The fraction of sp³-hybridized carbons (Fsp3) is 1.00. The van der Waals surface area contributed by atoms with Gasteiger partial charge in [-0.3, -0.25) is 0 Å². The summed E-state index contributed by atoms with van der Waals surface area (Å²) in [5.74, 6) is 0.0341. The zero-order valence-electron chi connectivity index (χ0n) is 7.58. The lowest BCUT2D eigenvalue weighted by molar-refractivity contribution is 0.0686. The van der Waals surface area contributed by atoms with Crippen LogP contribution in [0.3, 0.4) is 0 Å². The van der Waals surface area contributed by atoms with Crippen LogP contribution in [0.5, 0.6) is 0 Å². The quantitative estimate of drug-likeness (QED) is 0.579. The Kier molecular flexibility index (Phi) is 6.57. The fourth-order valence-electron chi connectivity index (χ4n) is 1.01. The molecular weight excluding hydrogens is 140 g/mol. The van der Waals surface area contributed by atoms with Crippen molar-refractivity contribution in [1.29, 1.82) is 0 Å². The van der Waals surface area contributed by atoms with Gasteiger partial charge in [0, 0.05) is 12.5 Å². The molecule has 2 atom stereocenters. The van der Waals surface area contributed by atoms with Gasteiger partial charge in [0.1, 0.15) is 0 Å². The summed E-state index contributed by atoms with van der Waals surface area (Å²) in [4.78, 5) is 0. The van der Waals surface area contributed by atoms with Crippen LogP contribution >= 0.6 is 0 Å². The van der Waals surface area contributed by atoms with E-state index in [2.05, 4.69) is 6.92 Å². The molecule has 0 aromatic heterocycles. The monoisotopic (exact) mass is 160 g/mol. The second-order valence-electron chi connectivity index (χ2n) is 3.22. The summed E-state index contributed by atoms with van der Waals surface area (Å²) >= 11 is 0. The molecule has 0 aliphatic heterocycles. The smallest absolute Gasteiger partial charge is 0.0587 e. The average molecular weight is 160 g/mol. The Labute approximate surface area is 69.2 Å². The van der Waals surface area contributed by atoms with Gasteiger partial charge in [-0.25, -0.2) is 0 Å². The predicted octanol–water partition coefficient (Wildman–Crippen LogP) is 1.56. The summed E-state index contributed by atoms with van der Waals surface area (Å²) in [5, 5.41) is 18.1. The molecule has 0 aliphatic carbocycles. The van der Waals surface area contributed by atoms with Crippen molar-refractivity contribution in [3.63, 3.8) is 0 Å². The topological polar surface area (TPSA) is 40.5 Å². The molecule has 0 heterocycles. The molecule has 0 aromatic rings. The molecule has 2 N–H and O–H groups in total. The molecule has 0 radical (unpaired) electrons. The summed E-state index contributed by atoms with van der Waals surface area (Å²) in [6, 6.07) is 0. The third kappa shape index (κ3) is 5.22. The molecule has 68 valence electrons. The Hall–Kier alpha value is -0.0800. The molecule has 0 aromatic carbocycles. The lowest BCUT2D eigenvalue weighted by Crippen LogP contribution is -2.20. The fourth-order valence-corrected chi connectivity index (χ4v) is 1.01. The van der Waals surface area contributed by atoms with Crippen molar-refractivity contribution < 1.29 is 10.2 Å². The first-order valence-electron chi connectivity index (χ1n) is 4.51. The van der Waals surface area contributed by atoms with Crippen molar-refractivity contribution in [3.05, 3.63) is 0 Å². The molecule has 2 nitrogen and oxygen atoms in total. The van der Waals surface area contributed by atoms with Crippen molar-refractivity contribution in [3.8, 4) is 0 Å². The van der Waals surface area contributed by atoms with Crippen LogP contribution in [0.25, 0.3) is 0 Å².